The van der Waals surface area contributed by atoms with Gasteiger partial charge in [0.05, 0.1) is 29.3 Å². The summed E-state index contributed by atoms with van der Waals surface area (Å²) in [5.74, 6) is -1.56. The second kappa shape index (κ2) is 9.06. The number of aromatic nitrogens is 2. The van der Waals surface area contributed by atoms with Crippen LogP contribution in [0.5, 0.6) is 5.88 Å². The Bertz CT molecular complexity index is 1120. The number of nitrogens with two attached hydrogens (primary N) is 1. The van der Waals surface area contributed by atoms with Crippen molar-refractivity contribution in [2.24, 2.45) is 16.6 Å². The minimum absolute atomic E-state index is 0.0113. The number of fused-ring (bicyclic) bond motifs is 1. The molecule has 2 aromatic rings. The molecule has 2 heterocycles. The number of hydrogen-bond acceptors (Lipinski definition) is 8. The Balaban J connectivity index is 1.53. The number of ether oxygens (including phenoxy) is 2. The molecule has 0 radical (unpaired) electrons. The summed E-state index contributed by atoms with van der Waals surface area (Å²) in [6.45, 7) is 3.75. The molecule has 0 saturated heterocycles. The van der Waals surface area contributed by atoms with Crippen LogP contribution in [0.2, 0.25) is 0 Å². The molecule has 1 aromatic carbocycles. The fourth-order valence-corrected chi connectivity index (χ4v) is 5.60. The highest BCUT2D eigenvalue weighted by Crippen LogP contribution is 2.68. The van der Waals surface area contributed by atoms with Crippen molar-refractivity contribution in [3.63, 3.8) is 0 Å². The second-order valence-electron chi connectivity index (χ2n) is 8.48. The summed E-state index contributed by atoms with van der Waals surface area (Å²) in [6.07, 6.45) is -0.139. The normalized spacial score (nSPS) is 26.4. The van der Waals surface area contributed by atoms with Crippen LogP contribution in [0.3, 0.4) is 0 Å². The summed E-state index contributed by atoms with van der Waals surface area (Å²) in [7, 11) is 1.55. The van der Waals surface area contributed by atoms with E-state index in [-0.39, 0.29) is 40.5 Å². The van der Waals surface area contributed by atoms with Crippen LogP contribution < -0.4 is 15.8 Å². The number of anilines is 1. The van der Waals surface area contributed by atoms with Crippen molar-refractivity contribution in [3.05, 3.63) is 47.7 Å². The molecule has 0 bridgehead atoms. The average molecular weight is 496 g/mol. The highest BCUT2D eigenvalue weighted by Gasteiger charge is 2.71. The Labute approximate surface area is 198 Å². The van der Waals surface area contributed by atoms with Gasteiger partial charge in [-0.3, -0.25) is 9.79 Å². The molecule has 3 N–H and O–H groups in total. The lowest BCUT2D eigenvalue weighted by Crippen LogP contribution is -2.38. The zero-order valence-corrected chi connectivity index (χ0v) is 19.5. The fourth-order valence-electron chi connectivity index (χ4n) is 4.26. The van der Waals surface area contributed by atoms with Crippen LogP contribution in [0.25, 0.3) is 0 Å². The lowest BCUT2D eigenvalue weighted by Gasteiger charge is -2.34. The van der Waals surface area contributed by atoms with Gasteiger partial charge in [0.25, 0.3) is 12.3 Å². The largest absolute Gasteiger partial charge is 0.471 e. The van der Waals surface area contributed by atoms with Gasteiger partial charge < -0.3 is 20.5 Å². The summed E-state index contributed by atoms with van der Waals surface area (Å²) in [5.41, 5.74) is 4.92. The van der Waals surface area contributed by atoms with Crippen LogP contribution in [-0.2, 0) is 10.3 Å². The van der Waals surface area contributed by atoms with Crippen LogP contribution in [0.4, 0.5) is 18.9 Å². The number of aliphatic imine (C=N–C) groups is 1. The molecule has 4 rings (SSSR count). The highest BCUT2D eigenvalue weighted by atomic mass is 32.2. The zero-order valence-electron chi connectivity index (χ0n) is 18.7. The first kappa shape index (κ1) is 24.3. The van der Waals surface area contributed by atoms with Gasteiger partial charge in [0.1, 0.15) is 17.6 Å². The minimum Gasteiger partial charge on any atom is -0.471 e. The van der Waals surface area contributed by atoms with E-state index in [0.717, 1.165) is 17.8 Å². The third kappa shape index (κ3) is 4.43. The minimum atomic E-state index is -2.62. The molecular formula is C22H24F3N5O3S. The van der Waals surface area contributed by atoms with Gasteiger partial charge in [-0.15, -0.1) is 0 Å². The average Bonchev–Trinajstić information content (AvgIpc) is 3.52. The summed E-state index contributed by atoms with van der Waals surface area (Å²) in [4.78, 5) is 25.1. The van der Waals surface area contributed by atoms with Crippen molar-refractivity contribution in [3.8, 4) is 5.88 Å². The van der Waals surface area contributed by atoms with Gasteiger partial charge in [0.2, 0.25) is 5.88 Å². The highest BCUT2D eigenvalue weighted by molar-refractivity contribution is 8.15. The summed E-state index contributed by atoms with van der Waals surface area (Å²) in [5, 5.41) is 2.62. The molecule has 8 nitrogen and oxygen atoms in total. The third-order valence-electron chi connectivity index (χ3n) is 5.99. The smallest absolute Gasteiger partial charge is 0.275 e. The van der Waals surface area contributed by atoms with Gasteiger partial charge >= 0.3 is 0 Å². The number of rotatable bonds is 8. The first-order valence-electron chi connectivity index (χ1n) is 10.5. The Morgan fingerprint density at radius 1 is 1.35 bits per heavy atom. The van der Waals surface area contributed by atoms with Crippen LogP contribution in [0.1, 0.15) is 36.3 Å². The number of methoxy groups -OCH3 is 1. The van der Waals surface area contributed by atoms with Crippen LogP contribution in [0.15, 0.2) is 35.6 Å². The van der Waals surface area contributed by atoms with Crippen LogP contribution in [-0.4, -0.2) is 52.0 Å². The standard InChI is InChI=1S/C22H24F3N5O3S/c1-11(10-32-3)33-17-9-27-15(8-28-17)18(31)29-12-4-5-14(23)13(6-12)21(2)16-7-22(16,19(24)25)34-20(26)30-21/h4-6,8-9,11,16,19H,7,10H2,1-3H3,(H2,26,30)(H,29,31)/t11-,16-,21+,22-/m0/s1. The molecule has 0 spiro atoms. The fraction of sp³-hybridized carbons (Fsp3) is 0.455. The SMILES string of the molecule is COC[C@H](C)Oc1cnc(C(=O)Nc2ccc(F)c([C@@]3(C)N=C(N)S[C@@]4(C(F)F)C[C@@H]34)c2)cn1. The number of thioether (sulfide) groups is 1. The van der Waals surface area contributed by atoms with E-state index in [1.807, 2.05) is 0 Å². The second-order valence-corrected chi connectivity index (χ2v) is 9.87. The zero-order chi connectivity index (χ0) is 24.7. The molecule has 182 valence electrons. The summed E-state index contributed by atoms with van der Waals surface area (Å²) in [6, 6.07) is 3.93. The number of carbonyl (C=O) groups is 1. The van der Waals surface area contributed by atoms with E-state index >= 15 is 0 Å². The molecular weight excluding hydrogens is 471 g/mol. The van der Waals surface area contributed by atoms with Gasteiger partial charge in [-0.25, -0.2) is 23.1 Å². The number of benzene rings is 1. The summed E-state index contributed by atoms with van der Waals surface area (Å²) < 4.78 is 51.5. The van der Waals surface area contributed by atoms with Crippen molar-refractivity contribution in [2.75, 3.05) is 19.0 Å². The Kier molecular flexibility index (Phi) is 6.47. The van der Waals surface area contributed by atoms with Crippen molar-refractivity contribution < 1.29 is 27.4 Å². The summed E-state index contributed by atoms with van der Waals surface area (Å²) >= 11 is 0.846. The van der Waals surface area contributed by atoms with Gasteiger partial charge in [0, 0.05) is 24.3 Å². The monoisotopic (exact) mass is 495 g/mol. The predicted molar refractivity (Wildman–Crippen MR) is 122 cm³/mol. The van der Waals surface area contributed by atoms with Crippen molar-refractivity contribution >= 4 is 28.5 Å². The predicted octanol–water partition coefficient (Wildman–Crippen LogP) is 3.58. The van der Waals surface area contributed by atoms with E-state index in [1.165, 1.54) is 24.5 Å². The molecule has 12 heteroatoms. The number of nitrogens with zero attached hydrogens (tertiary/aromatic N) is 3. The van der Waals surface area contributed by atoms with Crippen molar-refractivity contribution in [2.45, 2.75) is 43.1 Å². The van der Waals surface area contributed by atoms with Crippen LogP contribution >= 0.6 is 11.8 Å². The van der Waals surface area contributed by atoms with E-state index in [9.17, 15) is 18.0 Å². The first-order chi connectivity index (χ1) is 16.1. The Morgan fingerprint density at radius 2 is 2.12 bits per heavy atom. The number of nitrogens with one attached hydrogen (secondary N) is 1. The van der Waals surface area contributed by atoms with E-state index in [1.54, 1.807) is 21.0 Å². The van der Waals surface area contributed by atoms with Crippen molar-refractivity contribution in [1.82, 2.24) is 9.97 Å². The molecule has 0 unspecified atom stereocenters. The van der Waals surface area contributed by atoms with Gasteiger partial charge in [0.15, 0.2) is 5.17 Å². The van der Waals surface area contributed by atoms with Gasteiger partial charge in [-0.1, -0.05) is 11.8 Å². The van der Waals surface area contributed by atoms with Crippen LogP contribution in [0, 0.1) is 11.7 Å². The molecule has 1 amide bonds. The Hall–Kier alpha value is -2.86. The van der Waals surface area contributed by atoms with E-state index in [0.29, 0.717) is 6.61 Å². The molecule has 34 heavy (non-hydrogen) atoms. The number of hydrogen-bond donors (Lipinski definition) is 2. The first-order valence-corrected chi connectivity index (χ1v) is 11.3. The third-order valence-corrected chi connectivity index (χ3v) is 7.30. The maximum absolute atomic E-state index is 14.8. The number of amides is 1. The maximum atomic E-state index is 14.8. The lowest BCUT2D eigenvalue weighted by molar-refractivity contribution is 0.0885. The maximum Gasteiger partial charge on any atom is 0.275 e. The number of alkyl halides is 2. The van der Waals surface area contributed by atoms with E-state index < -0.39 is 34.4 Å². The number of amidine groups is 1. The topological polar surface area (TPSA) is 112 Å². The van der Waals surface area contributed by atoms with Crippen molar-refractivity contribution in [1.29, 1.82) is 0 Å². The Morgan fingerprint density at radius 3 is 2.76 bits per heavy atom. The molecule has 1 saturated carbocycles. The molecule has 4 atom stereocenters. The molecule has 1 fully saturated rings. The van der Waals surface area contributed by atoms with E-state index in [2.05, 4.69) is 20.3 Å². The molecule has 1 aliphatic heterocycles. The molecule has 2 aliphatic rings. The lowest BCUT2D eigenvalue weighted by atomic mass is 9.85. The molecule has 1 aliphatic carbocycles. The van der Waals surface area contributed by atoms with Gasteiger partial charge in [-0.05, 0) is 38.5 Å². The number of carbonyl (C=O) groups excluding carboxylic acids is 1. The number of halogens is 3. The quantitative estimate of drug-likeness (QED) is 0.576. The van der Waals surface area contributed by atoms with E-state index in [4.69, 9.17) is 15.2 Å². The van der Waals surface area contributed by atoms with Gasteiger partial charge in [-0.2, -0.15) is 0 Å². The molecule has 1 aromatic heterocycles.